The molecule has 5 aromatic carbocycles. The van der Waals surface area contributed by atoms with Gasteiger partial charge < -0.3 is 4.42 Å². The summed E-state index contributed by atoms with van der Waals surface area (Å²) < 4.78 is 9.14. The molecule has 0 spiro atoms. The second kappa shape index (κ2) is 11.4. The Kier molecular flexibility index (Phi) is 7.26. The molecule has 8 rings (SSSR count). The number of aromatic nitrogens is 3. The molecule has 0 saturated carbocycles. The second-order valence-corrected chi connectivity index (χ2v) is 15.2. The Balaban J connectivity index is 1.43. The van der Waals surface area contributed by atoms with Crippen molar-refractivity contribution >= 4 is 43.9 Å². The largest absolute Gasteiger partial charge is 0.437 e. The smallest absolute Gasteiger partial charge is 0.227 e. The normalized spacial score (nSPS) is 12.4. The summed E-state index contributed by atoms with van der Waals surface area (Å²) in [7, 11) is 0. The van der Waals surface area contributed by atoms with E-state index in [-0.39, 0.29) is 17.3 Å². The quantitative estimate of drug-likeness (QED) is 0.188. The van der Waals surface area contributed by atoms with Gasteiger partial charge in [0.2, 0.25) is 5.71 Å². The molecule has 0 unspecified atom stereocenters. The van der Waals surface area contributed by atoms with Crippen LogP contribution in [0.1, 0.15) is 82.7 Å². The lowest BCUT2D eigenvalue weighted by Gasteiger charge is -2.24. The highest BCUT2D eigenvalue weighted by molar-refractivity contribution is 6.10. The first kappa shape index (κ1) is 31.1. The standard InChI is InChI=1S/C45H43N3O/c1-26(2)35-24-32(31-19-18-29-13-9-10-14-30(29)23-31)25-36(27(3)4)41(35)48-38-16-12-11-15-37(38)46-43(48)34-20-17-28(5)40-33-21-22-39(45(6,7)8)47-44(33)49-42(34)40/h9-27H,1-8H3. The van der Waals surface area contributed by atoms with Gasteiger partial charge in [-0.05, 0) is 106 Å². The second-order valence-electron chi connectivity index (χ2n) is 15.2. The van der Waals surface area contributed by atoms with Crippen LogP contribution in [0.25, 0.3) is 72.1 Å². The zero-order chi connectivity index (χ0) is 34.2. The molecule has 0 aliphatic rings. The average Bonchev–Trinajstić information content (AvgIpc) is 3.66. The van der Waals surface area contributed by atoms with E-state index in [0.717, 1.165) is 50.0 Å². The van der Waals surface area contributed by atoms with Crippen LogP contribution in [0.3, 0.4) is 0 Å². The molecule has 0 aliphatic carbocycles. The van der Waals surface area contributed by atoms with Crippen LogP contribution in [0.4, 0.5) is 0 Å². The van der Waals surface area contributed by atoms with E-state index in [1.807, 2.05) is 0 Å². The molecular formula is C45H43N3O. The number of para-hydroxylation sites is 2. The highest BCUT2D eigenvalue weighted by Gasteiger charge is 2.26. The number of hydrogen-bond donors (Lipinski definition) is 0. The van der Waals surface area contributed by atoms with Crippen molar-refractivity contribution in [1.29, 1.82) is 0 Å². The number of hydrogen-bond acceptors (Lipinski definition) is 3. The maximum absolute atomic E-state index is 6.74. The average molecular weight is 642 g/mol. The summed E-state index contributed by atoms with van der Waals surface area (Å²) in [6, 6.07) is 37.4. The van der Waals surface area contributed by atoms with Gasteiger partial charge in [-0.15, -0.1) is 0 Å². The van der Waals surface area contributed by atoms with Crippen molar-refractivity contribution in [2.45, 2.75) is 72.6 Å². The maximum Gasteiger partial charge on any atom is 0.227 e. The van der Waals surface area contributed by atoms with Gasteiger partial charge in [-0.3, -0.25) is 4.57 Å². The van der Waals surface area contributed by atoms with E-state index in [2.05, 4.69) is 163 Å². The maximum atomic E-state index is 6.74. The summed E-state index contributed by atoms with van der Waals surface area (Å²) >= 11 is 0. The minimum Gasteiger partial charge on any atom is -0.437 e. The monoisotopic (exact) mass is 641 g/mol. The van der Waals surface area contributed by atoms with Crippen molar-refractivity contribution in [1.82, 2.24) is 14.5 Å². The van der Waals surface area contributed by atoms with Gasteiger partial charge >= 0.3 is 0 Å². The SMILES string of the molecule is Cc1ccc(-c2nc3ccccc3n2-c2c(C(C)C)cc(-c3ccc4ccccc4c3)cc2C(C)C)c2oc3nc(C(C)(C)C)ccc3c12. The molecule has 0 N–H and O–H groups in total. The first-order valence-electron chi connectivity index (χ1n) is 17.5. The molecule has 49 heavy (non-hydrogen) atoms. The Labute approximate surface area is 288 Å². The Hall–Kier alpha value is -5.22. The molecule has 0 bridgehead atoms. The Morgan fingerprint density at radius 3 is 2.08 bits per heavy atom. The van der Waals surface area contributed by atoms with Crippen LogP contribution in [0.5, 0.6) is 0 Å². The van der Waals surface area contributed by atoms with Crippen molar-refractivity contribution < 1.29 is 4.42 Å². The fraction of sp³-hybridized carbons (Fsp3) is 0.244. The molecular weight excluding hydrogens is 599 g/mol. The summed E-state index contributed by atoms with van der Waals surface area (Å²) in [6.07, 6.45) is 0. The minimum atomic E-state index is -0.0848. The number of rotatable bonds is 5. The molecule has 0 amide bonds. The van der Waals surface area contributed by atoms with Crippen LogP contribution < -0.4 is 0 Å². The van der Waals surface area contributed by atoms with E-state index < -0.39 is 0 Å². The molecule has 0 radical (unpaired) electrons. The Morgan fingerprint density at radius 2 is 1.37 bits per heavy atom. The van der Waals surface area contributed by atoms with E-state index in [4.69, 9.17) is 14.4 Å². The summed E-state index contributed by atoms with van der Waals surface area (Å²) in [5.41, 5.74) is 12.9. The highest BCUT2D eigenvalue weighted by atomic mass is 16.3. The van der Waals surface area contributed by atoms with Crippen molar-refractivity contribution in [3.63, 3.8) is 0 Å². The van der Waals surface area contributed by atoms with Gasteiger partial charge in [-0.2, -0.15) is 0 Å². The molecule has 8 aromatic rings. The summed E-state index contributed by atoms with van der Waals surface area (Å²) in [5, 5.41) is 4.64. The third kappa shape index (κ3) is 5.13. The first-order chi connectivity index (χ1) is 23.5. The number of aryl methyl sites for hydroxylation is 1. The van der Waals surface area contributed by atoms with Crippen LogP contribution in [-0.4, -0.2) is 14.5 Å². The molecule has 0 aliphatic heterocycles. The number of nitrogens with zero attached hydrogens (tertiary/aromatic N) is 3. The van der Waals surface area contributed by atoms with E-state index in [1.165, 1.54) is 38.7 Å². The molecule has 0 saturated heterocycles. The fourth-order valence-corrected chi connectivity index (χ4v) is 7.31. The van der Waals surface area contributed by atoms with Crippen molar-refractivity contribution in [2.75, 3.05) is 0 Å². The van der Waals surface area contributed by atoms with Crippen LogP contribution >= 0.6 is 0 Å². The number of pyridine rings is 1. The molecule has 0 atom stereocenters. The summed E-state index contributed by atoms with van der Waals surface area (Å²) in [4.78, 5) is 10.4. The third-order valence-corrected chi connectivity index (χ3v) is 9.98. The van der Waals surface area contributed by atoms with Gasteiger partial charge in [0.1, 0.15) is 11.4 Å². The Bertz CT molecular complexity index is 2530. The fourth-order valence-electron chi connectivity index (χ4n) is 7.31. The van der Waals surface area contributed by atoms with Crippen molar-refractivity contribution in [3.05, 3.63) is 126 Å². The zero-order valence-corrected chi connectivity index (χ0v) is 29.7. The number of imidazole rings is 1. The van der Waals surface area contributed by atoms with E-state index in [1.54, 1.807) is 0 Å². The number of fused-ring (bicyclic) bond motifs is 5. The lowest BCUT2D eigenvalue weighted by atomic mass is 9.87. The number of benzene rings is 5. The topological polar surface area (TPSA) is 43.9 Å². The summed E-state index contributed by atoms with van der Waals surface area (Å²) in [5.74, 6) is 1.42. The van der Waals surface area contributed by atoms with Crippen molar-refractivity contribution in [2.24, 2.45) is 0 Å². The van der Waals surface area contributed by atoms with E-state index in [0.29, 0.717) is 5.71 Å². The van der Waals surface area contributed by atoms with Crippen LogP contribution in [0.15, 0.2) is 108 Å². The third-order valence-electron chi connectivity index (χ3n) is 9.98. The molecule has 4 nitrogen and oxygen atoms in total. The van der Waals surface area contributed by atoms with Crippen LogP contribution in [0.2, 0.25) is 0 Å². The van der Waals surface area contributed by atoms with Gasteiger partial charge in [0.25, 0.3) is 0 Å². The minimum absolute atomic E-state index is 0.0848. The lowest BCUT2D eigenvalue weighted by molar-refractivity contribution is 0.562. The van der Waals surface area contributed by atoms with Gasteiger partial charge in [0.15, 0.2) is 0 Å². The van der Waals surface area contributed by atoms with Gasteiger partial charge in [0.05, 0.1) is 22.3 Å². The van der Waals surface area contributed by atoms with Crippen molar-refractivity contribution in [3.8, 4) is 28.2 Å². The van der Waals surface area contributed by atoms with Gasteiger partial charge in [-0.1, -0.05) is 103 Å². The zero-order valence-electron chi connectivity index (χ0n) is 29.7. The van der Waals surface area contributed by atoms with Gasteiger partial charge in [0, 0.05) is 21.9 Å². The van der Waals surface area contributed by atoms with E-state index in [9.17, 15) is 0 Å². The number of furan rings is 1. The lowest BCUT2D eigenvalue weighted by Crippen LogP contribution is -2.12. The predicted molar refractivity (Wildman–Crippen MR) is 206 cm³/mol. The van der Waals surface area contributed by atoms with E-state index >= 15 is 0 Å². The Morgan fingerprint density at radius 1 is 0.673 bits per heavy atom. The highest BCUT2D eigenvalue weighted by Crippen LogP contribution is 2.43. The molecule has 244 valence electrons. The first-order valence-corrected chi connectivity index (χ1v) is 17.5. The van der Waals surface area contributed by atoms with Gasteiger partial charge in [-0.25, -0.2) is 9.97 Å². The van der Waals surface area contributed by atoms with Crippen LogP contribution in [-0.2, 0) is 5.41 Å². The molecule has 0 fully saturated rings. The molecule has 4 heteroatoms. The summed E-state index contributed by atoms with van der Waals surface area (Å²) in [6.45, 7) is 17.9. The molecule has 3 aromatic heterocycles. The van der Waals surface area contributed by atoms with Crippen LogP contribution in [0, 0.1) is 6.92 Å². The molecule has 3 heterocycles. The predicted octanol–water partition coefficient (Wildman–Crippen LogP) is 12.7.